The zero-order chi connectivity index (χ0) is 14.4. The molecule has 21 heavy (non-hydrogen) atoms. The van der Waals surface area contributed by atoms with E-state index in [0.29, 0.717) is 0 Å². The van der Waals surface area contributed by atoms with Crippen LogP contribution in [0.4, 0.5) is 0 Å². The van der Waals surface area contributed by atoms with E-state index in [2.05, 4.69) is 22.1 Å². The van der Waals surface area contributed by atoms with Crippen LogP contribution in [-0.4, -0.2) is 73.6 Å². The Hall–Kier alpha value is -0.570. The average Bonchev–Trinajstić information content (AvgIpc) is 3.01. The first-order valence-electron chi connectivity index (χ1n) is 7.70. The van der Waals surface area contributed by atoms with Gasteiger partial charge in [-0.15, -0.1) is 24.0 Å². The highest BCUT2D eigenvalue weighted by Gasteiger charge is 2.30. The van der Waals surface area contributed by atoms with Crippen molar-refractivity contribution in [2.24, 2.45) is 4.99 Å². The van der Waals surface area contributed by atoms with Crippen LogP contribution >= 0.6 is 24.0 Å². The molecule has 0 aromatic carbocycles. The molecule has 2 aliphatic rings. The first kappa shape index (κ1) is 18.5. The van der Waals surface area contributed by atoms with Crippen LogP contribution in [-0.2, 0) is 9.53 Å². The van der Waals surface area contributed by atoms with Crippen molar-refractivity contribution in [2.45, 2.75) is 32.8 Å². The van der Waals surface area contributed by atoms with Crippen LogP contribution < -0.4 is 5.32 Å². The lowest BCUT2D eigenvalue weighted by atomic mass is 10.2. The minimum absolute atomic E-state index is 0. The van der Waals surface area contributed by atoms with E-state index in [-0.39, 0.29) is 36.0 Å². The van der Waals surface area contributed by atoms with Crippen LogP contribution in [0.25, 0.3) is 0 Å². The molecule has 0 bridgehead atoms. The number of nitrogens with zero attached hydrogens (tertiary/aromatic N) is 3. The standard InChI is InChI=1S/C14H26N4O2.HI/c1-3-15-14(16-4-2)18-9-7-17(8-10-18)13(19)12-6-5-11-20-12;/h12H,3-11H2,1-2H3,(H,15,16);1H. The first-order valence-corrected chi connectivity index (χ1v) is 7.70. The number of guanidine groups is 1. The number of carbonyl (C=O) groups excluding carboxylic acids is 1. The Balaban J connectivity index is 0.00000220. The molecule has 0 aromatic rings. The molecule has 2 aliphatic heterocycles. The van der Waals surface area contributed by atoms with Crippen molar-refractivity contribution in [3.8, 4) is 0 Å². The normalized spacial score (nSPS) is 23.0. The van der Waals surface area contributed by atoms with E-state index < -0.39 is 0 Å². The third kappa shape index (κ3) is 4.98. The Kier molecular flexibility index (Phi) is 8.31. The van der Waals surface area contributed by atoms with Gasteiger partial charge in [-0.1, -0.05) is 0 Å². The monoisotopic (exact) mass is 410 g/mol. The van der Waals surface area contributed by atoms with Crippen molar-refractivity contribution in [2.75, 3.05) is 45.9 Å². The molecule has 7 heteroatoms. The number of ether oxygens (including phenoxy) is 1. The van der Waals surface area contributed by atoms with Gasteiger partial charge in [0.1, 0.15) is 6.10 Å². The summed E-state index contributed by atoms with van der Waals surface area (Å²) in [5, 5.41) is 3.30. The van der Waals surface area contributed by atoms with Gasteiger partial charge in [-0.2, -0.15) is 0 Å². The van der Waals surface area contributed by atoms with Crippen molar-refractivity contribution < 1.29 is 9.53 Å². The average molecular weight is 410 g/mol. The molecule has 1 unspecified atom stereocenters. The predicted molar refractivity (Wildman–Crippen MR) is 94.2 cm³/mol. The molecule has 1 amide bonds. The van der Waals surface area contributed by atoms with Gasteiger partial charge in [0, 0.05) is 45.9 Å². The summed E-state index contributed by atoms with van der Waals surface area (Å²) >= 11 is 0. The molecule has 0 aliphatic carbocycles. The molecular weight excluding hydrogens is 383 g/mol. The maximum atomic E-state index is 12.3. The molecule has 2 heterocycles. The van der Waals surface area contributed by atoms with Crippen molar-refractivity contribution in [3.05, 3.63) is 0 Å². The highest BCUT2D eigenvalue weighted by atomic mass is 127. The molecule has 6 nitrogen and oxygen atoms in total. The van der Waals surface area contributed by atoms with Gasteiger partial charge < -0.3 is 19.9 Å². The summed E-state index contributed by atoms with van der Waals surface area (Å²) in [6, 6.07) is 0. The van der Waals surface area contributed by atoms with Gasteiger partial charge in [0.25, 0.3) is 5.91 Å². The fraction of sp³-hybridized carbons (Fsp3) is 0.857. The molecule has 2 rings (SSSR count). The quantitative estimate of drug-likeness (QED) is 0.427. The van der Waals surface area contributed by atoms with E-state index in [9.17, 15) is 4.79 Å². The summed E-state index contributed by atoms with van der Waals surface area (Å²) in [4.78, 5) is 20.9. The van der Waals surface area contributed by atoms with Crippen LogP contribution in [0.2, 0.25) is 0 Å². The number of aliphatic imine (C=N–C) groups is 1. The second-order valence-corrected chi connectivity index (χ2v) is 5.14. The van der Waals surface area contributed by atoms with E-state index in [1.807, 2.05) is 11.8 Å². The van der Waals surface area contributed by atoms with Crippen molar-refractivity contribution in [1.29, 1.82) is 0 Å². The topological polar surface area (TPSA) is 57.2 Å². The summed E-state index contributed by atoms with van der Waals surface area (Å²) in [6.45, 7) is 9.67. The maximum absolute atomic E-state index is 12.3. The van der Waals surface area contributed by atoms with E-state index in [1.54, 1.807) is 0 Å². The van der Waals surface area contributed by atoms with Gasteiger partial charge in [-0.3, -0.25) is 9.79 Å². The summed E-state index contributed by atoms with van der Waals surface area (Å²) < 4.78 is 5.48. The van der Waals surface area contributed by atoms with E-state index in [1.165, 1.54) is 0 Å². The molecule has 0 saturated carbocycles. The lowest BCUT2D eigenvalue weighted by molar-refractivity contribution is -0.142. The highest BCUT2D eigenvalue weighted by molar-refractivity contribution is 14.0. The number of carbonyl (C=O) groups is 1. The number of hydrogen-bond acceptors (Lipinski definition) is 3. The predicted octanol–water partition coefficient (Wildman–Crippen LogP) is 0.913. The molecule has 1 atom stereocenters. The number of rotatable bonds is 3. The molecule has 2 saturated heterocycles. The van der Waals surface area contributed by atoms with E-state index in [0.717, 1.165) is 64.7 Å². The molecule has 0 aromatic heterocycles. The fourth-order valence-electron chi connectivity index (χ4n) is 2.69. The van der Waals surface area contributed by atoms with Crippen LogP contribution in [0.3, 0.4) is 0 Å². The Morgan fingerprint density at radius 1 is 1.24 bits per heavy atom. The summed E-state index contributed by atoms with van der Waals surface area (Å²) in [5.74, 6) is 1.12. The number of nitrogens with one attached hydrogen (secondary N) is 1. The lowest BCUT2D eigenvalue weighted by Crippen LogP contribution is -2.55. The first-order chi connectivity index (χ1) is 9.76. The molecule has 0 radical (unpaired) electrons. The van der Waals surface area contributed by atoms with Crippen molar-refractivity contribution in [3.63, 3.8) is 0 Å². The zero-order valence-corrected chi connectivity index (χ0v) is 15.3. The van der Waals surface area contributed by atoms with Crippen LogP contribution in [0.1, 0.15) is 26.7 Å². The minimum atomic E-state index is -0.195. The molecule has 0 spiro atoms. The number of halogens is 1. The molecule has 122 valence electrons. The van der Waals surface area contributed by atoms with Gasteiger partial charge in [0.15, 0.2) is 5.96 Å². The van der Waals surface area contributed by atoms with Gasteiger partial charge in [-0.25, -0.2) is 0 Å². The Morgan fingerprint density at radius 3 is 2.43 bits per heavy atom. The van der Waals surface area contributed by atoms with Gasteiger partial charge >= 0.3 is 0 Å². The third-order valence-electron chi connectivity index (χ3n) is 3.74. The zero-order valence-electron chi connectivity index (χ0n) is 13.0. The minimum Gasteiger partial charge on any atom is -0.368 e. The van der Waals surface area contributed by atoms with Crippen LogP contribution in [0.5, 0.6) is 0 Å². The fourth-order valence-corrected chi connectivity index (χ4v) is 2.69. The summed E-state index contributed by atoms with van der Waals surface area (Å²) in [7, 11) is 0. The Bertz CT molecular complexity index is 351. The van der Waals surface area contributed by atoms with E-state index in [4.69, 9.17) is 4.74 Å². The molecule has 2 fully saturated rings. The summed E-state index contributed by atoms with van der Waals surface area (Å²) in [6.07, 6.45) is 1.68. The van der Waals surface area contributed by atoms with Crippen LogP contribution in [0.15, 0.2) is 4.99 Å². The lowest BCUT2D eigenvalue weighted by Gasteiger charge is -2.37. The van der Waals surface area contributed by atoms with Gasteiger partial charge in [0.05, 0.1) is 0 Å². The van der Waals surface area contributed by atoms with Crippen molar-refractivity contribution in [1.82, 2.24) is 15.1 Å². The number of amides is 1. The van der Waals surface area contributed by atoms with Gasteiger partial charge in [-0.05, 0) is 26.7 Å². The number of piperazine rings is 1. The SMILES string of the molecule is CCN=C(NCC)N1CCN(C(=O)C2CCCO2)CC1.I. The maximum Gasteiger partial charge on any atom is 0.251 e. The molecular formula is C14H27IN4O2. The van der Waals surface area contributed by atoms with E-state index >= 15 is 0 Å². The largest absolute Gasteiger partial charge is 0.368 e. The number of hydrogen-bond donors (Lipinski definition) is 1. The molecule has 1 N–H and O–H groups in total. The van der Waals surface area contributed by atoms with Crippen molar-refractivity contribution >= 4 is 35.8 Å². The van der Waals surface area contributed by atoms with Crippen LogP contribution in [0, 0.1) is 0 Å². The smallest absolute Gasteiger partial charge is 0.251 e. The second-order valence-electron chi connectivity index (χ2n) is 5.14. The third-order valence-corrected chi connectivity index (χ3v) is 3.74. The highest BCUT2D eigenvalue weighted by Crippen LogP contribution is 2.16. The Morgan fingerprint density at radius 2 is 1.90 bits per heavy atom. The van der Waals surface area contributed by atoms with Gasteiger partial charge in [0.2, 0.25) is 0 Å². The Labute approximate surface area is 144 Å². The summed E-state index contributed by atoms with van der Waals surface area (Å²) in [5.41, 5.74) is 0. The second kappa shape index (κ2) is 9.45.